The fraction of sp³-hybridized carbons (Fsp3) is 0.227. The normalized spacial score (nSPS) is 14.1. The van der Waals surface area contributed by atoms with Crippen LogP contribution in [0.1, 0.15) is 29.5 Å². The number of nitrogens with zero attached hydrogens (tertiary/aromatic N) is 2. The van der Waals surface area contributed by atoms with Gasteiger partial charge in [0, 0.05) is 23.9 Å². The molecule has 4 rings (SSSR count). The van der Waals surface area contributed by atoms with E-state index in [0.29, 0.717) is 17.1 Å². The standard InChI is InChI=1S/C22H22BrN3O2S/c1-15-4-3-5-19-20(15)12-16(14-26-11-10-25(2)22(26)24)13-21(19)29(27,28)18-8-6-17(23)7-9-18/h6-13,24H,1,3-5,14H2,2H3. The third-order valence-electron chi connectivity index (χ3n) is 5.40. The molecule has 0 saturated heterocycles. The molecule has 1 aromatic heterocycles. The smallest absolute Gasteiger partial charge is 0.206 e. The van der Waals surface area contributed by atoms with Crippen LogP contribution in [-0.2, 0) is 29.9 Å². The molecule has 1 N–H and O–H groups in total. The molecule has 0 aliphatic heterocycles. The highest BCUT2D eigenvalue weighted by Crippen LogP contribution is 2.37. The minimum atomic E-state index is -3.66. The number of rotatable bonds is 4. The predicted molar refractivity (Wildman–Crippen MR) is 116 cm³/mol. The number of allylic oxidation sites excluding steroid dienone is 1. The van der Waals surface area contributed by atoms with Crippen molar-refractivity contribution in [1.82, 2.24) is 9.13 Å². The molecule has 0 unspecified atom stereocenters. The first-order valence-electron chi connectivity index (χ1n) is 9.38. The van der Waals surface area contributed by atoms with E-state index in [1.165, 1.54) is 0 Å². The Balaban J connectivity index is 1.89. The van der Waals surface area contributed by atoms with Gasteiger partial charge < -0.3 is 9.13 Å². The average molecular weight is 472 g/mol. The van der Waals surface area contributed by atoms with Gasteiger partial charge in [0.25, 0.3) is 0 Å². The molecule has 0 saturated carbocycles. The summed E-state index contributed by atoms with van der Waals surface area (Å²) in [5.41, 5.74) is 3.99. The second kappa shape index (κ2) is 7.46. The molecule has 1 aliphatic carbocycles. The minimum absolute atomic E-state index is 0.282. The zero-order valence-corrected chi connectivity index (χ0v) is 18.6. The zero-order chi connectivity index (χ0) is 20.8. The van der Waals surface area contributed by atoms with Crippen LogP contribution in [0.2, 0.25) is 0 Å². The van der Waals surface area contributed by atoms with E-state index in [1.54, 1.807) is 39.5 Å². The first-order chi connectivity index (χ1) is 13.8. The minimum Gasteiger partial charge on any atom is -0.321 e. The van der Waals surface area contributed by atoms with Crippen LogP contribution in [0.5, 0.6) is 0 Å². The molecule has 3 aromatic rings. The van der Waals surface area contributed by atoms with Gasteiger partial charge >= 0.3 is 0 Å². The Morgan fingerprint density at radius 1 is 1.14 bits per heavy atom. The number of hydrogen-bond acceptors (Lipinski definition) is 3. The van der Waals surface area contributed by atoms with Crippen LogP contribution in [0.3, 0.4) is 0 Å². The molecule has 0 atom stereocenters. The molecule has 1 aliphatic rings. The van der Waals surface area contributed by atoms with E-state index in [2.05, 4.69) is 22.5 Å². The molecule has 7 heteroatoms. The van der Waals surface area contributed by atoms with Crippen LogP contribution < -0.4 is 5.62 Å². The van der Waals surface area contributed by atoms with Crippen LogP contribution in [0.15, 0.2) is 69.6 Å². The fourth-order valence-corrected chi connectivity index (χ4v) is 5.66. The Morgan fingerprint density at radius 3 is 2.52 bits per heavy atom. The predicted octanol–water partition coefficient (Wildman–Crippen LogP) is 4.30. The molecule has 0 bridgehead atoms. The largest absolute Gasteiger partial charge is 0.321 e. The van der Waals surface area contributed by atoms with Gasteiger partial charge in [-0.05, 0) is 77.9 Å². The molecule has 0 radical (unpaired) electrons. The number of halogens is 1. The van der Waals surface area contributed by atoms with Crippen molar-refractivity contribution in [1.29, 1.82) is 5.41 Å². The van der Waals surface area contributed by atoms with Gasteiger partial charge in [0.15, 0.2) is 0 Å². The Labute approximate surface area is 178 Å². The first-order valence-corrected chi connectivity index (χ1v) is 11.7. The summed E-state index contributed by atoms with van der Waals surface area (Å²) in [6.45, 7) is 4.62. The Bertz CT molecular complexity index is 1270. The molecule has 5 nitrogen and oxygen atoms in total. The molecule has 150 valence electrons. The Hall–Kier alpha value is -2.38. The first kappa shape index (κ1) is 19.9. The Morgan fingerprint density at radius 2 is 1.86 bits per heavy atom. The lowest BCUT2D eigenvalue weighted by Crippen LogP contribution is -2.23. The van der Waals surface area contributed by atoms with Crippen molar-refractivity contribution in [2.45, 2.75) is 35.6 Å². The second-order valence-electron chi connectivity index (χ2n) is 7.40. The maximum absolute atomic E-state index is 13.5. The van der Waals surface area contributed by atoms with E-state index in [0.717, 1.165) is 46.0 Å². The van der Waals surface area contributed by atoms with Crippen LogP contribution in [0.25, 0.3) is 5.57 Å². The summed E-state index contributed by atoms with van der Waals surface area (Å²) in [7, 11) is -1.85. The number of benzene rings is 2. The number of sulfone groups is 1. The van der Waals surface area contributed by atoms with Gasteiger partial charge in [-0.25, -0.2) is 8.42 Å². The topological polar surface area (TPSA) is 67.8 Å². The van der Waals surface area contributed by atoms with E-state index in [-0.39, 0.29) is 4.90 Å². The van der Waals surface area contributed by atoms with E-state index in [9.17, 15) is 8.42 Å². The van der Waals surface area contributed by atoms with Gasteiger partial charge in [-0.3, -0.25) is 5.41 Å². The molecule has 0 spiro atoms. The summed E-state index contributed by atoms with van der Waals surface area (Å²) < 4.78 is 31.4. The summed E-state index contributed by atoms with van der Waals surface area (Å²) in [5, 5.41) is 8.17. The van der Waals surface area contributed by atoms with Gasteiger partial charge in [0.1, 0.15) is 0 Å². The highest BCUT2D eigenvalue weighted by atomic mass is 79.9. The summed E-state index contributed by atoms with van der Waals surface area (Å²) in [6.07, 6.45) is 6.15. The number of hydrogen-bond donors (Lipinski definition) is 1. The lowest BCUT2D eigenvalue weighted by Gasteiger charge is -2.23. The molecular weight excluding hydrogens is 450 g/mol. The van der Waals surface area contributed by atoms with Crippen LogP contribution in [0, 0.1) is 5.41 Å². The lowest BCUT2D eigenvalue weighted by atomic mass is 9.87. The summed E-state index contributed by atoms with van der Waals surface area (Å²) in [4.78, 5) is 0.640. The van der Waals surface area contributed by atoms with Gasteiger partial charge in [0.2, 0.25) is 15.5 Å². The maximum atomic E-state index is 13.5. The molecular formula is C22H22BrN3O2S. The number of aryl methyl sites for hydroxylation is 1. The summed E-state index contributed by atoms with van der Waals surface area (Å²) in [6, 6.07) is 10.6. The average Bonchev–Trinajstić information content (AvgIpc) is 3.00. The van der Waals surface area contributed by atoms with Crippen molar-refractivity contribution in [3.63, 3.8) is 0 Å². The van der Waals surface area contributed by atoms with E-state index >= 15 is 0 Å². The highest BCUT2D eigenvalue weighted by molar-refractivity contribution is 9.10. The van der Waals surface area contributed by atoms with Crippen LogP contribution in [0.4, 0.5) is 0 Å². The van der Waals surface area contributed by atoms with Crippen molar-refractivity contribution >= 4 is 31.3 Å². The van der Waals surface area contributed by atoms with Crippen molar-refractivity contribution in [3.8, 4) is 0 Å². The molecule has 0 fully saturated rings. The van der Waals surface area contributed by atoms with E-state index < -0.39 is 9.84 Å². The van der Waals surface area contributed by atoms with E-state index in [1.807, 2.05) is 25.5 Å². The van der Waals surface area contributed by atoms with Crippen molar-refractivity contribution in [2.75, 3.05) is 0 Å². The summed E-state index contributed by atoms with van der Waals surface area (Å²) in [5.74, 6) is 0. The van der Waals surface area contributed by atoms with Crippen molar-refractivity contribution < 1.29 is 8.42 Å². The van der Waals surface area contributed by atoms with Crippen LogP contribution >= 0.6 is 15.9 Å². The Kier molecular flexibility index (Phi) is 5.12. The molecule has 1 heterocycles. The third-order valence-corrected chi connectivity index (χ3v) is 7.76. The SMILES string of the molecule is C=C1CCCc2c1cc(Cn1ccn(C)c1=N)cc2S(=O)(=O)c1ccc(Br)cc1. The number of nitrogens with one attached hydrogen (secondary N) is 1. The fourth-order valence-electron chi connectivity index (χ4n) is 3.81. The monoisotopic (exact) mass is 471 g/mol. The van der Waals surface area contributed by atoms with Gasteiger partial charge in [-0.2, -0.15) is 0 Å². The zero-order valence-electron chi connectivity index (χ0n) is 16.2. The van der Waals surface area contributed by atoms with Crippen molar-refractivity contribution in [3.05, 3.63) is 82.2 Å². The lowest BCUT2D eigenvalue weighted by molar-refractivity contribution is 0.593. The summed E-state index contributed by atoms with van der Waals surface area (Å²) >= 11 is 3.36. The highest BCUT2D eigenvalue weighted by Gasteiger charge is 2.26. The van der Waals surface area contributed by atoms with Gasteiger partial charge in [0.05, 0.1) is 16.3 Å². The van der Waals surface area contributed by atoms with Gasteiger partial charge in [-0.1, -0.05) is 22.5 Å². The quantitative estimate of drug-likeness (QED) is 0.616. The molecule has 2 aromatic carbocycles. The van der Waals surface area contributed by atoms with Crippen molar-refractivity contribution in [2.24, 2.45) is 7.05 Å². The molecule has 29 heavy (non-hydrogen) atoms. The van der Waals surface area contributed by atoms with Gasteiger partial charge in [-0.15, -0.1) is 0 Å². The number of aromatic nitrogens is 2. The third kappa shape index (κ3) is 3.65. The molecule has 0 amide bonds. The second-order valence-corrected chi connectivity index (χ2v) is 10.2. The van der Waals surface area contributed by atoms with Crippen LogP contribution in [-0.4, -0.2) is 17.6 Å². The number of fused-ring (bicyclic) bond motifs is 1. The maximum Gasteiger partial charge on any atom is 0.206 e. The van der Waals surface area contributed by atoms with E-state index in [4.69, 9.17) is 5.41 Å². The number of imidazole rings is 1.